The van der Waals surface area contributed by atoms with Crippen LogP contribution in [0.5, 0.6) is 5.75 Å². The Morgan fingerprint density at radius 3 is 2.84 bits per heavy atom. The molecule has 0 spiro atoms. The van der Waals surface area contributed by atoms with Gasteiger partial charge in [-0.2, -0.15) is 15.2 Å². The van der Waals surface area contributed by atoms with Crippen molar-refractivity contribution in [2.75, 3.05) is 51.5 Å². The number of methoxy groups -OCH3 is 1. The van der Waals surface area contributed by atoms with Gasteiger partial charge >= 0.3 is 0 Å². The Bertz CT molecular complexity index is 1200. The maximum absolute atomic E-state index is 13.1. The average molecular weight is 435 g/mol. The average Bonchev–Trinajstić information content (AvgIpc) is 3.21. The van der Waals surface area contributed by atoms with E-state index in [1.807, 2.05) is 4.90 Å². The molecule has 1 amide bonds. The molecule has 1 saturated heterocycles. The molecule has 1 aromatic carbocycles. The van der Waals surface area contributed by atoms with Gasteiger partial charge in [0.2, 0.25) is 5.95 Å². The molecular formula is C22H26N8O2. The Hall–Kier alpha value is -3.84. The summed E-state index contributed by atoms with van der Waals surface area (Å²) in [5.74, 6) is 1.36. The Morgan fingerprint density at radius 1 is 1.34 bits per heavy atom. The molecule has 1 fully saturated rings. The van der Waals surface area contributed by atoms with Crippen molar-refractivity contribution < 1.29 is 9.53 Å². The van der Waals surface area contributed by atoms with Crippen LogP contribution in [0.4, 0.5) is 17.5 Å². The zero-order valence-electron chi connectivity index (χ0n) is 18.6. The van der Waals surface area contributed by atoms with Crippen molar-refractivity contribution in [1.29, 1.82) is 5.26 Å². The minimum atomic E-state index is -0.0130. The standard InChI is InChI=1S/C22H26N8O2/c1-13-12-29(3)7-8-30(13)21(31)14-5-6-16(17(9-14)32-4)26-22-27-19(24-2)18-15(10-23)11-25-20(18)28-22/h5-6,9,11,13H,7-8,12H2,1-4H3,(H3,24,25,26,27,28)/t13-/m1/s1. The molecule has 10 nitrogen and oxygen atoms in total. The summed E-state index contributed by atoms with van der Waals surface area (Å²) in [5, 5.41) is 16.1. The number of nitriles is 1. The number of aromatic nitrogens is 3. The van der Waals surface area contributed by atoms with E-state index in [0.717, 1.165) is 13.1 Å². The van der Waals surface area contributed by atoms with E-state index in [1.54, 1.807) is 38.6 Å². The van der Waals surface area contributed by atoms with Crippen LogP contribution in [0, 0.1) is 11.3 Å². The number of rotatable bonds is 5. The van der Waals surface area contributed by atoms with E-state index >= 15 is 0 Å². The number of benzene rings is 1. The summed E-state index contributed by atoms with van der Waals surface area (Å²) in [7, 11) is 5.36. The summed E-state index contributed by atoms with van der Waals surface area (Å²) >= 11 is 0. The van der Waals surface area contributed by atoms with Crippen molar-refractivity contribution in [3.63, 3.8) is 0 Å². The van der Waals surface area contributed by atoms with Gasteiger partial charge in [0, 0.05) is 44.5 Å². The molecule has 1 atom stereocenters. The molecule has 1 aliphatic heterocycles. The second-order valence-corrected chi connectivity index (χ2v) is 7.83. The second-order valence-electron chi connectivity index (χ2n) is 7.83. The van der Waals surface area contributed by atoms with Crippen molar-refractivity contribution in [3.8, 4) is 11.8 Å². The lowest BCUT2D eigenvalue weighted by Crippen LogP contribution is -2.52. The van der Waals surface area contributed by atoms with Crippen LogP contribution >= 0.6 is 0 Å². The molecular weight excluding hydrogens is 408 g/mol. The van der Waals surface area contributed by atoms with Crippen molar-refractivity contribution in [1.82, 2.24) is 24.8 Å². The van der Waals surface area contributed by atoms with Gasteiger partial charge in [0.1, 0.15) is 23.3 Å². The third-order valence-electron chi connectivity index (χ3n) is 5.68. The number of likely N-dealkylation sites (N-methyl/N-ethyl adjacent to an activating group) is 1. The van der Waals surface area contributed by atoms with Crippen LogP contribution < -0.4 is 15.4 Å². The first kappa shape index (κ1) is 21.4. The van der Waals surface area contributed by atoms with Gasteiger partial charge in [0.05, 0.1) is 23.7 Å². The largest absolute Gasteiger partial charge is 0.495 e. The smallest absolute Gasteiger partial charge is 0.254 e. The van der Waals surface area contributed by atoms with Gasteiger partial charge in [-0.15, -0.1) is 0 Å². The van der Waals surface area contributed by atoms with E-state index in [1.165, 1.54) is 0 Å². The number of nitrogens with zero attached hydrogens (tertiary/aromatic N) is 5. The van der Waals surface area contributed by atoms with E-state index in [9.17, 15) is 10.1 Å². The number of H-pyrrole nitrogens is 1. The highest BCUT2D eigenvalue weighted by Crippen LogP contribution is 2.31. The summed E-state index contributed by atoms with van der Waals surface area (Å²) in [5.41, 5.74) is 2.20. The summed E-state index contributed by atoms with van der Waals surface area (Å²) in [4.78, 5) is 29.2. The highest BCUT2D eigenvalue weighted by Gasteiger charge is 2.27. The molecule has 10 heteroatoms. The minimum absolute atomic E-state index is 0.0130. The fourth-order valence-corrected chi connectivity index (χ4v) is 4.01. The lowest BCUT2D eigenvalue weighted by Gasteiger charge is -2.38. The Morgan fingerprint density at radius 2 is 2.16 bits per heavy atom. The molecule has 166 valence electrons. The fraction of sp³-hybridized carbons (Fsp3) is 0.364. The van der Waals surface area contributed by atoms with Crippen molar-refractivity contribution in [3.05, 3.63) is 35.5 Å². The van der Waals surface area contributed by atoms with E-state index in [0.29, 0.717) is 51.9 Å². The highest BCUT2D eigenvalue weighted by molar-refractivity contribution is 5.96. The van der Waals surface area contributed by atoms with Gasteiger partial charge in [-0.1, -0.05) is 0 Å². The summed E-state index contributed by atoms with van der Waals surface area (Å²) in [6, 6.07) is 7.57. The quantitative estimate of drug-likeness (QED) is 0.560. The number of hydrogen-bond acceptors (Lipinski definition) is 8. The minimum Gasteiger partial charge on any atom is -0.495 e. The number of fused-ring (bicyclic) bond motifs is 1. The molecule has 3 N–H and O–H groups in total. The van der Waals surface area contributed by atoms with Gasteiger partial charge in [-0.25, -0.2) is 0 Å². The number of piperazine rings is 1. The number of hydrogen-bond donors (Lipinski definition) is 3. The Balaban J connectivity index is 1.61. The molecule has 0 unspecified atom stereocenters. The van der Waals surface area contributed by atoms with Crippen LogP contribution in [0.1, 0.15) is 22.8 Å². The SMILES string of the molecule is CNc1nc(Nc2ccc(C(=O)N3CCN(C)C[C@H]3C)cc2OC)nc2[nH]cc(C#N)c12. The van der Waals surface area contributed by atoms with Crippen LogP contribution in [0.2, 0.25) is 0 Å². The van der Waals surface area contributed by atoms with Crippen LogP contribution in [0.15, 0.2) is 24.4 Å². The number of carbonyl (C=O) groups excluding carboxylic acids is 1. The number of nitrogens with one attached hydrogen (secondary N) is 3. The maximum atomic E-state index is 13.1. The number of anilines is 3. The summed E-state index contributed by atoms with van der Waals surface area (Å²) < 4.78 is 5.54. The number of amides is 1. The fourth-order valence-electron chi connectivity index (χ4n) is 4.01. The lowest BCUT2D eigenvalue weighted by molar-refractivity contribution is 0.0533. The molecule has 1 aliphatic rings. The maximum Gasteiger partial charge on any atom is 0.254 e. The molecule has 32 heavy (non-hydrogen) atoms. The first-order chi connectivity index (χ1) is 15.4. The lowest BCUT2D eigenvalue weighted by atomic mass is 10.1. The van der Waals surface area contributed by atoms with Gasteiger partial charge < -0.3 is 30.2 Å². The van der Waals surface area contributed by atoms with Crippen molar-refractivity contribution in [2.45, 2.75) is 13.0 Å². The van der Waals surface area contributed by atoms with Gasteiger partial charge in [-0.3, -0.25) is 4.79 Å². The van der Waals surface area contributed by atoms with E-state index in [-0.39, 0.29) is 11.9 Å². The van der Waals surface area contributed by atoms with Gasteiger partial charge in [0.25, 0.3) is 5.91 Å². The Labute approximate surface area is 186 Å². The third-order valence-corrected chi connectivity index (χ3v) is 5.68. The number of ether oxygens (including phenoxy) is 1. The first-order valence-electron chi connectivity index (χ1n) is 10.4. The van der Waals surface area contributed by atoms with Crippen LogP contribution in [-0.2, 0) is 0 Å². The van der Waals surface area contributed by atoms with Crippen LogP contribution in [0.3, 0.4) is 0 Å². The van der Waals surface area contributed by atoms with Crippen LogP contribution in [0.25, 0.3) is 11.0 Å². The normalized spacial score (nSPS) is 16.6. The molecule has 4 rings (SSSR count). The highest BCUT2D eigenvalue weighted by atomic mass is 16.5. The molecule has 2 aromatic heterocycles. The predicted molar refractivity (Wildman–Crippen MR) is 122 cm³/mol. The van der Waals surface area contributed by atoms with Crippen molar-refractivity contribution >= 4 is 34.4 Å². The third kappa shape index (κ3) is 3.90. The van der Waals surface area contributed by atoms with E-state index in [4.69, 9.17) is 4.74 Å². The summed E-state index contributed by atoms with van der Waals surface area (Å²) in [6.07, 6.45) is 1.60. The summed E-state index contributed by atoms with van der Waals surface area (Å²) in [6.45, 7) is 4.46. The number of carbonyl (C=O) groups is 1. The first-order valence-corrected chi connectivity index (χ1v) is 10.4. The second kappa shape index (κ2) is 8.72. The zero-order chi connectivity index (χ0) is 22.8. The molecule has 0 bridgehead atoms. The van der Waals surface area contributed by atoms with Gasteiger partial charge in [-0.05, 0) is 32.2 Å². The van der Waals surface area contributed by atoms with E-state index in [2.05, 4.69) is 50.5 Å². The van der Waals surface area contributed by atoms with Crippen molar-refractivity contribution in [2.24, 2.45) is 0 Å². The molecule has 0 radical (unpaired) electrons. The monoisotopic (exact) mass is 434 g/mol. The Kier molecular flexibility index (Phi) is 5.83. The van der Waals surface area contributed by atoms with Crippen LogP contribution in [-0.4, -0.2) is 77.5 Å². The van der Waals surface area contributed by atoms with E-state index < -0.39 is 0 Å². The predicted octanol–water partition coefficient (Wildman–Crippen LogP) is 2.40. The zero-order valence-corrected chi connectivity index (χ0v) is 18.6. The molecule has 0 saturated carbocycles. The molecule has 0 aliphatic carbocycles. The topological polar surface area (TPSA) is 122 Å². The molecule has 3 heterocycles. The molecule has 3 aromatic rings. The number of aromatic amines is 1. The van der Waals surface area contributed by atoms with Gasteiger partial charge in [0.15, 0.2) is 0 Å².